The normalized spacial score (nSPS) is 19.6. The maximum atomic E-state index is 6.32. The number of aromatic nitrogens is 5. The van der Waals surface area contributed by atoms with Gasteiger partial charge in [0.25, 0.3) is 0 Å². The van der Waals surface area contributed by atoms with Gasteiger partial charge in [0.05, 0.1) is 17.9 Å². The van der Waals surface area contributed by atoms with E-state index in [0.717, 1.165) is 36.5 Å². The van der Waals surface area contributed by atoms with Gasteiger partial charge in [-0.2, -0.15) is 10.1 Å². The molecule has 27 heavy (non-hydrogen) atoms. The summed E-state index contributed by atoms with van der Waals surface area (Å²) in [6.07, 6.45) is 6.09. The number of aromatic amines is 1. The van der Waals surface area contributed by atoms with Crippen molar-refractivity contribution in [1.82, 2.24) is 25.3 Å². The number of H-pyrrole nitrogens is 1. The van der Waals surface area contributed by atoms with Crippen LogP contribution in [0.5, 0.6) is 0 Å². The van der Waals surface area contributed by atoms with Crippen molar-refractivity contribution < 1.29 is 4.52 Å². The zero-order valence-corrected chi connectivity index (χ0v) is 15.7. The van der Waals surface area contributed by atoms with Crippen LogP contribution in [0, 0.1) is 6.92 Å². The van der Waals surface area contributed by atoms with Gasteiger partial charge in [-0.25, -0.2) is 4.98 Å². The quantitative estimate of drug-likeness (QED) is 0.682. The third kappa shape index (κ3) is 3.25. The van der Waals surface area contributed by atoms with Gasteiger partial charge in [-0.3, -0.25) is 5.10 Å². The average Bonchev–Trinajstić information content (AvgIpc) is 3.06. The summed E-state index contributed by atoms with van der Waals surface area (Å²) in [6.45, 7) is 2.78. The Morgan fingerprint density at radius 3 is 2.96 bits per heavy atom. The van der Waals surface area contributed by atoms with Crippen molar-refractivity contribution in [2.75, 3.05) is 16.8 Å². The van der Waals surface area contributed by atoms with Crippen LogP contribution in [0.3, 0.4) is 0 Å². The number of anilines is 3. The number of nitrogens with one attached hydrogen (secondary N) is 2. The first-order chi connectivity index (χ1) is 13.2. The molecule has 1 saturated heterocycles. The minimum absolute atomic E-state index is 0.0899. The minimum Gasteiger partial charge on any atom is -0.359 e. The minimum atomic E-state index is 0.0899. The summed E-state index contributed by atoms with van der Waals surface area (Å²) in [5, 5.41) is 15.1. The molecule has 4 heterocycles. The molecule has 0 spiro atoms. The summed E-state index contributed by atoms with van der Waals surface area (Å²) in [6, 6.07) is 4.08. The Labute approximate surface area is 161 Å². The van der Waals surface area contributed by atoms with Crippen LogP contribution in [0.4, 0.5) is 17.6 Å². The fourth-order valence-electron chi connectivity index (χ4n) is 3.55. The summed E-state index contributed by atoms with van der Waals surface area (Å²) in [5.74, 6) is 3.35. The largest absolute Gasteiger partial charge is 0.359 e. The van der Waals surface area contributed by atoms with Crippen LogP contribution in [0.15, 0.2) is 22.9 Å². The van der Waals surface area contributed by atoms with Crippen molar-refractivity contribution in [3.63, 3.8) is 0 Å². The fourth-order valence-corrected chi connectivity index (χ4v) is 3.69. The third-order valence-corrected chi connectivity index (χ3v) is 5.35. The van der Waals surface area contributed by atoms with Crippen LogP contribution in [0.1, 0.15) is 54.8 Å². The fraction of sp³-hybridized carbons (Fsp3) is 0.444. The predicted molar refractivity (Wildman–Crippen MR) is 101 cm³/mol. The Hall–Kier alpha value is -2.61. The molecule has 1 aliphatic heterocycles. The van der Waals surface area contributed by atoms with E-state index in [0.29, 0.717) is 28.5 Å². The van der Waals surface area contributed by atoms with Crippen molar-refractivity contribution in [3.8, 4) is 0 Å². The highest BCUT2D eigenvalue weighted by Crippen LogP contribution is 2.40. The van der Waals surface area contributed by atoms with E-state index in [-0.39, 0.29) is 6.04 Å². The van der Waals surface area contributed by atoms with Crippen LogP contribution in [0.2, 0.25) is 5.02 Å². The SMILES string of the molecule is Cc1cc([C@@H]2CCCN2c2ncc(Cl)c(Nc3cc(C4CC4)[nH]n3)n2)on1. The van der Waals surface area contributed by atoms with E-state index in [2.05, 4.69) is 35.5 Å². The summed E-state index contributed by atoms with van der Waals surface area (Å²) in [5.41, 5.74) is 2.03. The number of hydrogen-bond donors (Lipinski definition) is 2. The smallest absolute Gasteiger partial charge is 0.228 e. The topological polar surface area (TPSA) is 95.8 Å². The Morgan fingerprint density at radius 2 is 2.19 bits per heavy atom. The van der Waals surface area contributed by atoms with Gasteiger partial charge >= 0.3 is 0 Å². The molecular weight excluding hydrogens is 366 g/mol. The molecule has 1 saturated carbocycles. The molecule has 0 bridgehead atoms. The van der Waals surface area contributed by atoms with E-state index in [1.165, 1.54) is 12.8 Å². The number of aryl methyl sites for hydroxylation is 1. The van der Waals surface area contributed by atoms with Crippen molar-refractivity contribution in [2.45, 2.75) is 44.6 Å². The lowest BCUT2D eigenvalue weighted by molar-refractivity contribution is 0.357. The molecule has 8 nitrogen and oxygen atoms in total. The molecule has 3 aromatic rings. The maximum Gasteiger partial charge on any atom is 0.228 e. The molecule has 1 atom stereocenters. The lowest BCUT2D eigenvalue weighted by Crippen LogP contribution is -2.24. The molecule has 0 aromatic carbocycles. The second kappa shape index (κ2) is 6.53. The molecule has 1 aliphatic carbocycles. The molecule has 2 aliphatic rings. The van der Waals surface area contributed by atoms with Crippen LogP contribution in [0.25, 0.3) is 0 Å². The lowest BCUT2D eigenvalue weighted by Gasteiger charge is -2.23. The third-order valence-electron chi connectivity index (χ3n) is 5.08. The van der Waals surface area contributed by atoms with Crippen LogP contribution in [-0.2, 0) is 0 Å². The van der Waals surface area contributed by atoms with Crippen molar-refractivity contribution in [3.05, 3.63) is 40.5 Å². The first-order valence-electron chi connectivity index (χ1n) is 9.22. The maximum absolute atomic E-state index is 6.32. The van der Waals surface area contributed by atoms with E-state index < -0.39 is 0 Å². The molecule has 0 unspecified atom stereocenters. The highest BCUT2D eigenvalue weighted by Gasteiger charge is 2.31. The van der Waals surface area contributed by atoms with E-state index in [1.807, 2.05) is 19.1 Å². The number of nitrogens with zero attached hydrogens (tertiary/aromatic N) is 5. The Bertz CT molecular complexity index is 964. The highest BCUT2D eigenvalue weighted by atomic mass is 35.5. The predicted octanol–water partition coefficient (Wildman–Crippen LogP) is 4.11. The zero-order valence-electron chi connectivity index (χ0n) is 14.9. The van der Waals surface area contributed by atoms with Gasteiger partial charge in [0.15, 0.2) is 17.4 Å². The lowest BCUT2D eigenvalue weighted by atomic mass is 10.1. The summed E-state index contributed by atoms with van der Waals surface area (Å²) < 4.78 is 5.48. The summed E-state index contributed by atoms with van der Waals surface area (Å²) >= 11 is 6.32. The van der Waals surface area contributed by atoms with Gasteiger partial charge < -0.3 is 14.7 Å². The second-order valence-corrected chi connectivity index (χ2v) is 7.60. The Balaban J connectivity index is 1.40. The Kier molecular flexibility index (Phi) is 4.00. The van der Waals surface area contributed by atoms with E-state index in [9.17, 15) is 0 Å². The molecule has 9 heteroatoms. The van der Waals surface area contributed by atoms with Gasteiger partial charge in [0.2, 0.25) is 5.95 Å². The second-order valence-electron chi connectivity index (χ2n) is 7.20. The van der Waals surface area contributed by atoms with Crippen LogP contribution < -0.4 is 10.2 Å². The molecule has 2 fully saturated rings. The first kappa shape index (κ1) is 16.6. The van der Waals surface area contributed by atoms with Crippen molar-refractivity contribution >= 4 is 29.2 Å². The monoisotopic (exact) mass is 385 g/mol. The molecule has 5 rings (SSSR count). The molecule has 140 valence electrons. The zero-order chi connectivity index (χ0) is 18.4. The van der Waals surface area contributed by atoms with Gasteiger partial charge in [-0.15, -0.1) is 0 Å². The first-order valence-corrected chi connectivity index (χ1v) is 9.60. The molecule has 2 N–H and O–H groups in total. The summed E-state index contributed by atoms with van der Waals surface area (Å²) in [7, 11) is 0. The number of rotatable bonds is 5. The summed E-state index contributed by atoms with van der Waals surface area (Å²) in [4.78, 5) is 11.2. The number of halogens is 1. The van der Waals surface area contributed by atoms with Crippen LogP contribution in [-0.4, -0.2) is 31.9 Å². The van der Waals surface area contributed by atoms with E-state index in [4.69, 9.17) is 16.1 Å². The van der Waals surface area contributed by atoms with E-state index >= 15 is 0 Å². The van der Waals surface area contributed by atoms with Crippen molar-refractivity contribution in [2.24, 2.45) is 0 Å². The van der Waals surface area contributed by atoms with Gasteiger partial charge in [0.1, 0.15) is 5.02 Å². The number of hydrogen-bond acceptors (Lipinski definition) is 7. The highest BCUT2D eigenvalue weighted by molar-refractivity contribution is 6.32. The standard InChI is InChI=1S/C18H20ClN7O/c1-10-7-15(27-25-10)14-3-2-6-26(14)18-20-9-12(19)17(22-18)21-16-8-13(23-24-16)11-4-5-11/h7-9,11,14H,2-6H2,1H3,(H2,20,21,22,23,24)/t14-/m0/s1. The molecule has 3 aromatic heterocycles. The Morgan fingerprint density at radius 1 is 1.30 bits per heavy atom. The van der Waals surface area contributed by atoms with Gasteiger partial charge in [-0.05, 0) is 32.6 Å². The average molecular weight is 386 g/mol. The van der Waals surface area contributed by atoms with E-state index in [1.54, 1.807) is 6.20 Å². The van der Waals surface area contributed by atoms with Gasteiger partial charge in [-0.1, -0.05) is 16.8 Å². The molecule has 0 amide bonds. The van der Waals surface area contributed by atoms with Crippen molar-refractivity contribution in [1.29, 1.82) is 0 Å². The molecular formula is C18H20ClN7O. The molecule has 0 radical (unpaired) electrons. The van der Waals surface area contributed by atoms with Gasteiger partial charge in [0, 0.05) is 30.3 Å². The van der Waals surface area contributed by atoms with Crippen LogP contribution >= 0.6 is 11.6 Å².